The number of hydrogen-bond acceptors (Lipinski definition) is 2. The summed E-state index contributed by atoms with van der Waals surface area (Å²) in [6, 6.07) is 10.9. The van der Waals surface area contributed by atoms with Gasteiger partial charge in [0.2, 0.25) is 5.91 Å². The number of nitrogens with one attached hydrogen (secondary N) is 1. The first kappa shape index (κ1) is 14.6. The van der Waals surface area contributed by atoms with Crippen molar-refractivity contribution in [2.45, 2.75) is 57.0 Å². The van der Waals surface area contributed by atoms with Gasteiger partial charge in [0.15, 0.2) is 0 Å². The smallest absolute Gasteiger partial charge is 0.243 e. The Morgan fingerprint density at radius 2 is 2.14 bits per heavy atom. The van der Waals surface area contributed by atoms with E-state index in [2.05, 4.69) is 47.5 Å². The molecule has 2 saturated heterocycles. The van der Waals surface area contributed by atoms with Crippen molar-refractivity contribution < 1.29 is 4.79 Å². The van der Waals surface area contributed by atoms with Crippen LogP contribution in [0.4, 0.5) is 0 Å². The summed E-state index contributed by atoms with van der Waals surface area (Å²) in [7, 11) is 0. The molecule has 2 unspecified atom stereocenters. The SMILES string of the molecule is CCC1(C(=O)N2CCCC2Cc2ccccc2)CCCN1. The fourth-order valence-corrected chi connectivity index (χ4v) is 3.92. The normalized spacial score (nSPS) is 29.0. The number of rotatable bonds is 4. The molecular weight excluding hydrogens is 260 g/mol. The Morgan fingerprint density at radius 3 is 2.81 bits per heavy atom. The highest BCUT2D eigenvalue weighted by molar-refractivity contribution is 5.87. The van der Waals surface area contributed by atoms with Crippen LogP contribution < -0.4 is 5.32 Å². The summed E-state index contributed by atoms with van der Waals surface area (Å²) in [5.74, 6) is 0.348. The van der Waals surface area contributed by atoms with Crippen molar-refractivity contribution in [1.29, 1.82) is 0 Å². The summed E-state index contributed by atoms with van der Waals surface area (Å²) in [5.41, 5.74) is 1.06. The summed E-state index contributed by atoms with van der Waals surface area (Å²) in [6.07, 6.45) is 6.30. The number of amides is 1. The van der Waals surface area contributed by atoms with E-state index in [-0.39, 0.29) is 5.54 Å². The molecule has 3 nitrogen and oxygen atoms in total. The van der Waals surface area contributed by atoms with Crippen LogP contribution >= 0.6 is 0 Å². The van der Waals surface area contributed by atoms with Gasteiger partial charge < -0.3 is 10.2 Å². The summed E-state index contributed by atoms with van der Waals surface area (Å²) in [5, 5.41) is 3.49. The van der Waals surface area contributed by atoms with Crippen LogP contribution in [-0.4, -0.2) is 35.5 Å². The Labute approximate surface area is 127 Å². The van der Waals surface area contributed by atoms with E-state index in [1.54, 1.807) is 0 Å². The fraction of sp³-hybridized carbons (Fsp3) is 0.611. The topological polar surface area (TPSA) is 32.3 Å². The first-order chi connectivity index (χ1) is 10.2. The number of hydrogen-bond donors (Lipinski definition) is 1. The molecule has 0 saturated carbocycles. The monoisotopic (exact) mass is 286 g/mol. The highest BCUT2D eigenvalue weighted by Crippen LogP contribution is 2.30. The van der Waals surface area contributed by atoms with Gasteiger partial charge in [-0.3, -0.25) is 4.79 Å². The van der Waals surface area contributed by atoms with E-state index in [1.807, 2.05) is 0 Å². The van der Waals surface area contributed by atoms with E-state index in [9.17, 15) is 4.79 Å². The van der Waals surface area contributed by atoms with E-state index < -0.39 is 0 Å². The van der Waals surface area contributed by atoms with Crippen LogP contribution in [0.1, 0.15) is 44.6 Å². The Balaban J connectivity index is 1.73. The minimum absolute atomic E-state index is 0.278. The van der Waals surface area contributed by atoms with Crippen molar-refractivity contribution in [3.63, 3.8) is 0 Å². The van der Waals surface area contributed by atoms with Crippen LogP contribution in [0.25, 0.3) is 0 Å². The number of nitrogens with zero attached hydrogens (tertiary/aromatic N) is 1. The molecule has 21 heavy (non-hydrogen) atoms. The molecule has 1 N–H and O–H groups in total. The molecule has 2 heterocycles. The number of likely N-dealkylation sites (tertiary alicyclic amines) is 1. The van der Waals surface area contributed by atoms with Crippen molar-refractivity contribution in [2.75, 3.05) is 13.1 Å². The molecule has 0 aromatic heterocycles. The van der Waals surface area contributed by atoms with Crippen molar-refractivity contribution >= 4 is 5.91 Å². The van der Waals surface area contributed by atoms with Crippen LogP contribution in [0.5, 0.6) is 0 Å². The highest BCUT2D eigenvalue weighted by Gasteiger charge is 2.44. The number of carbonyl (C=O) groups excluding carboxylic acids is 1. The van der Waals surface area contributed by atoms with E-state index in [0.717, 1.165) is 51.6 Å². The second-order valence-electron chi connectivity index (χ2n) is 6.45. The minimum atomic E-state index is -0.278. The molecule has 0 radical (unpaired) electrons. The van der Waals surface area contributed by atoms with Crippen molar-refractivity contribution in [1.82, 2.24) is 10.2 Å². The zero-order chi connectivity index (χ0) is 14.7. The standard InChI is InChI=1S/C18H26N2O/c1-2-18(11-7-12-19-18)17(21)20-13-6-10-16(20)14-15-8-4-3-5-9-15/h3-5,8-9,16,19H,2,6-7,10-14H2,1H3. The predicted molar refractivity (Wildman–Crippen MR) is 85.1 cm³/mol. The van der Waals surface area contributed by atoms with Gasteiger partial charge >= 0.3 is 0 Å². The Kier molecular flexibility index (Phi) is 4.29. The number of benzene rings is 1. The molecule has 1 aromatic rings. The van der Waals surface area contributed by atoms with Gasteiger partial charge in [0.25, 0.3) is 0 Å². The molecule has 0 spiro atoms. The first-order valence-electron chi connectivity index (χ1n) is 8.35. The molecule has 0 aliphatic carbocycles. The molecule has 114 valence electrons. The minimum Gasteiger partial charge on any atom is -0.338 e. The van der Waals surface area contributed by atoms with E-state index >= 15 is 0 Å². The molecular formula is C18H26N2O. The van der Waals surface area contributed by atoms with Crippen molar-refractivity contribution in [3.05, 3.63) is 35.9 Å². The zero-order valence-corrected chi connectivity index (χ0v) is 13.0. The Hall–Kier alpha value is -1.35. The molecule has 2 aliphatic heterocycles. The van der Waals surface area contributed by atoms with Crippen LogP contribution in [0, 0.1) is 0 Å². The molecule has 0 bridgehead atoms. The largest absolute Gasteiger partial charge is 0.338 e. The number of carbonyl (C=O) groups is 1. The maximum absolute atomic E-state index is 13.1. The quantitative estimate of drug-likeness (QED) is 0.923. The predicted octanol–water partition coefficient (Wildman–Crippen LogP) is 2.75. The molecule has 2 aliphatic rings. The summed E-state index contributed by atoms with van der Waals surface area (Å²) in [6.45, 7) is 4.05. The van der Waals surface area contributed by atoms with Gasteiger partial charge in [0.05, 0.1) is 5.54 Å². The molecule has 2 atom stereocenters. The van der Waals surface area contributed by atoms with Crippen LogP contribution in [0.2, 0.25) is 0 Å². The van der Waals surface area contributed by atoms with Crippen LogP contribution in [0.15, 0.2) is 30.3 Å². The summed E-state index contributed by atoms with van der Waals surface area (Å²) in [4.78, 5) is 15.2. The maximum atomic E-state index is 13.1. The fourth-order valence-electron chi connectivity index (χ4n) is 3.92. The van der Waals surface area contributed by atoms with Gasteiger partial charge in [0.1, 0.15) is 0 Å². The van der Waals surface area contributed by atoms with Crippen LogP contribution in [0.3, 0.4) is 0 Å². The third-order valence-corrected chi connectivity index (χ3v) is 5.21. The van der Waals surface area contributed by atoms with Gasteiger partial charge in [-0.05, 0) is 50.6 Å². The molecule has 3 rings (SSSR count). The van der Waals surface area contributed by atoms with Gasteiger partial charge in [-0.15, -0.1) is 0 Å². The van der Waals surface area contributed by atoms with E-state index in [0.29, 0.717) is 11.9 Å². The average Bonchev–Trinajstić information content (AvgIpc) is 3.17. The zero-order valence-electron chi connectivity index (χ0n) is 13.0. The lowest BCUT2D eigenvalue weighted by molar-refractivity contribution is -0.138. The van der Waals surface area contributed by atoms with Crippen molar-refractivity contribution in [3.8, 4) is 0 Å². The van der Waals surface area contributed by atoms with Crippen LogP contribution in [-0.2, 0) is 11.2 Å². The van der Waals surface area contributed by atoms with Crippen molar-refractivity contribution in [2.24, 2.45) is 0 Å². The van der Waals surface area contributed by atoms with Gasteiger partial charge in [-0.1, -0.05) is 37.3 Å². The van der Waals surface area contributed by atoms with E-state index in [4.69, 9.17) is 0 Å². The Morgan fingerprint density at radius 1 is 1.33 bits per heavy atom. The summed E-state index contributed by atoms with van der Waals surface area (Å²) >= 11 is 0. The lowest BCUT2D eigenvalue weighted by atomic mass is 9.91. The summed E-state index contributed by atoms with van der Waals surface area (Å²) < 4.78 is 0. The lowest BCUT2D eigenvalue weighted by Crippen LogP contribution is -2.56. The maximum Gasteiger partial charge on any atom is 0.243 e. The molecule has 1 amide bonds. The third kappa shape index (κ3) is 2.84. The highest BCUT2D eigenvalue weighted by atomic mass is 16.2. The third-order valence-electron chi connectivity index (χ3n) is 5.21. The second-order valence-corrected chi connectivity index (χ2v) is 6.45. The Bertz CT molecular complexity index is 479. The van der Waals surface area contributed by atoms with E-state index in [1.165, 1.54) is 5.56 Å². The van der Waals surface area contributed by atoms with Gasteiger partial charge in [0, 0.05) is 12.6 Å². The molecule has 3 heteroatoms. The van der Waals surface area contributed by atoms with Gasteiger partial charge in [-0.25, -0.2) is 0 Å². The second kappa shape index (κ2) is 6.18. The first-order valence-corrected chi connectivity index (χ1v) is 8.35. The van der Waals surface area contributed by atoms with Gasteiger partial charge in [-0.2, -0.15) is 0 Å². The average molecular weight is 286 g/mol. The molecule has 1 aromatic carbocycles. The molecule has 2 fully saturated rings. The lowest BCUT2D eigenvalue weighted by Gasteiger charge is -2.35.